The van der Waals surface area contributed by atoms with Gasteiger partial charge in [0.25, 0.3) is 5.91 Å². The molecule has 2 aromatic rings. The summed E-state index contributed by atoms with van der Waals surface area (Å²) in [5.41, 5.74) is 9.56. The molecule has 0 radical (unpaired) electrons. The molecule has 4 heteroatoms. The third-order valence-electron chi connectivity index (χ3n) is 3.95. The highest BCUT2D eigenvalue weighted by atomic mass is 16.2. The number of hydrogen-bond acceptors (Lipinski definition) is 3. The van der Waals surface area contributed by atoms with E-state index in [2.05, 4.69) is 11.1 Å². The lowest BCUT2D eigenvalue weighted by Crippen LogP contribution is -2.30. The molecule has 0 fully saturated rings. The molecule has 1 aromatic heterocycles. The fourth-order valence-electron chi connectivity index (χ4n) is 2.96. The van der Waals surface area contributed by atoms with Gasteiger partial charge in [-0.1, -0.05) is 18.2 Å². The van der Waals surface area contributed by atoms with Crippen LogP contribution in [0.1, 0.15) is 33.8 Å². The molecule has 1 aliphatic rings. The predicted octanol–water partition coefficient (Wildman–Crippen LogP) is 2.48. The van der Waals surface area contributed by atoms with Gasteiger partial charge < -0.3 is 10.6 Å². The van der Waals surface area contributed by atoms with Crippen molar-refractivity contribution >= 4 is 11.6 Å². The predicted molar refractivity (Wildman–Crippen MR) is 83.5 cm³/mol. The van der Waals surface area contributed by atoms with E-state index >= 15 is 0 Å². The van der Waals surface area contributed by atoms with Crippen LogP contribution in [0.25, 0.3) is 0 Å². The van der Waals surface area contributed by atoms with Gasteiger partial charge >= 0.3 is 0 Å². The lowest BCUT2D eigenvalue weighted by Gasteiger charge is -2.18. The van der Waals surface area contributed by atoms with Gasteiger partial charge in [-0.25, -0.2) is 0 Å². The standard InChI is InChI=1S/C17H19N3O/c1-12-8-14(10-19-9-12)17(21)20-11-13(6-7-18)15-4-2-3-5-16(15)20/h2-5,8-10,13H,6-7,11,18H2,1H3. The van der Waals surface area contributed by atoms with Crippen LogP contribution in [-0.2, 0) is 0 Å². The average molecular weight is 281 g/mol. The van der Waals surface area contributed by atoms with Gasteiger partial charge in [0.2, 0.25) is 0 Å². The minimum Gasteiger partial charge on any atom is -0.330 e. The molecule has 1 amide bonds. The number of anilines is 1. The normalized spacial score (nSPS) is 16.9. The molecule has 1 aromatic carbocycles. The number of benzene rings is 1. The Bertz CT molecular complexity index is 669. The summed E-state index contributed by atoms with van der Waals surface area (Å²) >= 11 is 0. The highest BCUT2D eigenvalue weighted by Crippen LogP contribution is 2.38. The molecule has 0 spiro atoms. The Morgan fingerprint density at radius 3 is 2.95 bits per heavy atom. The van der Waals surface area contributed by atoms with Crippen LogP contribution in [-0.4, -0.2) is 24.0 Å². The van der Waals surface area contributed by atoms with Gasteiger partial charge in [-0.15, -0.1) is 0 Å². The van der Waals surface area contributed by atoms with Gasteiger partial charge in [0.15, 0.2) is 0 Å². The zero-order valence-corrected chi connectivity index (χ0v) is 12.1. The van der Waals surface area contributed by atoms with Gasteiger partial charge in [-0.05, 0) is 43.1 Å². The van der Waals surface area contributed by atoms with Crippen LogP contribution in [0.3, 0.4) is 0 Å². The average Bonchev–Trinajstić information content (AvgIpc) is 2.86. The van der Waals surface area contributed by atoms with Crippen molar-refractivity contribution in [1.29, 1.82) is 0 Å². The van der Waals surface area contributed by atoms with Crippen molar-refractivity contribution in [2.75, 3.05) is 18.0 Å². The Labute approximate surface area is 124 Å². The van der Waals surface area contributed by atoms with E-state index in [0.717, 1.165) is 17.7 Å². The van der Waals surface area contributed by atoms with Crippen molar-refractivity contribution in [3.8, 4) is 0 Å². The summed E-state index contributed by atoms with van der Waals surface area (Å²) in [6.45, 7) is 3.27. The lowest BCUT2D eigenvalue weighted by atomic mass is 9.98. The van der Waals surface area contributed by atoms with Crippen molar-refractivity contribution in [3.63, 3.8) is 0 Å². The second kappa shape index (κ2) is 5.66. The molecule has 2 N–H and O–H groups in total. The highest BCUT2D eigenvalue weighted by molar-refractivity contribution is 6.07. The first-order valence-electron chi connectivity index (χ1n) is 7.23. The summed E-state index contributed by atoms with van der Waals surface area (Å²) in [5.74, 6) is 0.339. The molecule has 0 bridgehead atoms. The molecular formula is C17H19N3O. The summed E-state index contributed by atoms with van der Waals surface area (Å²) in [7, 11) is 0. The molecular weight excluding hydrogens is 262 g/mol. The van der Waals surface area contributed by atoms with E-state index in [1.54, 1.807) is 12.4 Å². The molecule has 3 rings (SSSR count). The second-order valence-corrected chi connectivity index (χ2v) is 5.50. The third-order valence-corrected chi connectivity index (χ3v) is 3.95. The van der Waals surface area contributed by atoms with Crippen LogP contribution in [0.5, 0.6) is 0 Å². The number of nitrogens with zero attached hydrogens (tertiary/aromatic N) is 2. The number of nitrogens with two attached hydrogens (primary N) is 1. The number of aryl methyl sites for hydroxylation is 1. The Kier molecular flexibility index (Phi) is 3.71. The topological polar surface area (TPSA) is 59.2 Å². The quantitative estimate of drug-likeness (QED) is 0.940. The van der Waals surface area contributed by atoms with Crippen LogP contribution in [0, 0.1) is 6.92 Å². The van der Waals surface area contributed by atoms with Crippen LogP contribution < -0.4 is 10.6 Å². The molecule has 108 valence electrons. The zero-order chi connectivity index (χ0) is 14.8. The third kappa shape index (κ3) is 2.54. The van der Waals surface area contributed by atoms with Crippen molar-refractivity contribution < 1.29 is 4.79 Å². The van der Waals surface area contributed by atoms with E-state index in [1.807, 2.05) is 36.1 Å². The smallest absolute Gasteiger partial charge is 0.259 e. The number of pyridine rings is 1. The van der Waals surface area contributed by atoms with Crippen LogP contribution >= 0.6 is 0 Å². The first-order chi connectivity index (χ1) is 10.2. The molecule has 1 atom stereocenters. The molecule has 0 saturated heterocycles. The summed E-state index contributed by atoms with van der Waals surface area (Å²) in [6, 6.07) is 9.97. The minimum atomic E-state index is 0.0122. The lowest BCUT2D eigenvalue weighted by molar-refractivity contribution is 0.0987. The molecule has 21 heavy (non-hydrogen) atoms. The van der Waals surface area contributed by atoms with Crippen LogP contribution in [0.2, 0.25) is 0 Å². The monoisotopic (exact) mass is 281 g/mol. The maximum Gasteiger partial charge on any atom is 0.259 e. The Morgan fingerprint density at radius 1 is 1.38 bits per heavy atom. The summed E-state index contributed by atoms with van der Waals surface area (Å²) < 4.78 is 0. The number of carbonyl (C=O) groups excluding carboxylic acids is 1. The molecule has 1 unspecified atom stereocenters. The number of rotatable bonds is 3. The first-order valence-corrected chi connectivity index (χ1v) is 7.23. The summed E-state index contributed by atoms with van der Waals surface area (Å²) in [6.07, 6.45) is 4.28. The zero-order valence-electron chi connectivity index (χ0n) is 12.1. The fraction of sp³-hybridized carbons (Fsp3) is 0.294. The maximum atomic E-state index is 12.8. The van der Waals surface area contributed by atoms with E-state index in [9.17, 15) is 4.79 Å². The number of para-hydroxylation sites is 1. The number of aromatic nitrogens is 1. The van der Waals surface area contributed by atoms with Crippen molar-refractivity contribution in [3.05, 3.63) is 59.4 Å². The Morgan fingerprint density at radius 2 is 2.19 bits per heavy atom. The summed E-state index contributed by atoms with van der Waals surface area (Å²) in [5, 5.41) is 0. The maximum absolute atomic E-state index is 12.8. The summed E-state index contributed by atoms with van der Waals surface area (Å²) in [4.78, 5) is 18.7. The molecule has 0 saturated carbocycles. The van der Waals surface area contributed by atoms with E-state index in [0.29, 0.717) is 24.6 Å². The van der Waals surface area contributed by atoms with Gasteiger partial charge in [0.1, 0.15) is 0 Å². The Balaban J connectivity index is 1.95. The molecule has 1 aliphatic heterocycles. The second-order valence-electron chi connectivity index (χ2n) is 5.50. The van der Waals surface area contributed by atoms with Gasteiger partial charge in [-0.3, -0.25) is 9.78 Å². The number of hydrogen-bond donors (Lipinski definition) is 1. The van der Waals surface area contributed by atoms with Crippen molar-refractivity contribution in [1.82, 2.24) is 4.98 Å². The van der Waals surface area contributed by atoms with Gasteiger partial charge in [0, 0.05) is 30.5 Å². The largest absolute Gasteiger partial charge is 0.330 e. The van der Waals surface area contributed by atoms with Crippen LogP contribution in [0.4, 0.5) is 5.69 Å². The first kappa shape index (κ1) is 13.8. The van der Waals surface area contributed by atoms with E-state index in [1.165, 1.54) is 5.56 Å². The van der Waals surface area contributed by atoms with Crippen molar-refractivity contribution in [2.24, 2.45) is 5.73 Å². The number of amides is 1. The highest BCUT2D eigenvalue weighted by Gasteiger charge is 2.32. The minimum absolute atomic E-state index is 0.0122. The number of fused-ring (bicyclic) bond motifs is 1. The molecule has 4 nitrogen and oxygen atoms in total. The molecule has 0 aliphatic carbocycles. The van der Waals surface area contributed by atoms with E-state index in [4.69, 9.17) is 5.73 Å². The van der Waals surface area contributed by atoms with E-state index in [-0.39, 0.29) is 5.91 Å². The molecule has 2 heterocycles. The fourth-order valence-corrected chi connectivity index (χ4v) is 2.96. The van der Waals surface area contributed by atoms with Gasteiger partial charge in [0.05, 0.1) is 5.56 Å². The van der Waals surface area contributed by atoms with Crippen LogP contribution in [0.15, 0.2) is 42.7 Å². The van der Waals surface area contributed by atoms with Gasteiger partial charge in [-0.2, -0.15) is 0 Å². The van der Waals surface area contributed by atoms with E-state index < -0.39 is 0 Å². The Hall–Kier alpha value is -2.20. The van der Waals surface area contributed by atoms with Crippen molar-refractivity contribution in [2.45, 2.75) is 19.3 Å². The number of carbonyl (C=O) groups is 1. The SMILES string of the molecule is Cc1cncc(C(=O)N2CC(CCN)c3ccccc32)c1.